The minimum Gasteiger partial charge on any atom is -0.393 e. The van der Waals surface area contributed by atoms with Gasteiger partial charge in [0.2, 0.25) is 0 Å². The molecule has 0 aromatic carbocycles. The lowest BCUT2D eigenvalue weighted by Crippen LogP contribution is -2.28. The molecule has 1 N–H and O–H groups in total. The second-order valence-electron chi connectivity index (χ2n) is 6.78. The average Bonchev–Trinajstić information content (AvgIpc) is 2.36. The first kappa shape index (κ1) is 17.7. The zero-order valence-corrected chi connectivity index (χ0v) is 14.4. The van der Waals surface area contributed by atoms with E-state index in [2.05, 4.69) is 71.1 Å². The van der Waals surface area contributed by atoms with Gasteiger partial charge in [0.05, 0.1) is 6.10 Å². The van der Waals surface area contributed by atoms with E-state index in [4.69, 9.17) is 0 Å². The molecule has 0 aromatic heterocycles. The van der Waals surface area contributed by atoms with Crippen LogP contribution in [0, 0.1) is 5.41 Å². The second-order valence-corrected chi connectivity index (χ2v) is 6.78. The lowest BCUT2D eigenvalue weighted by molar-refractivity contribution is 0.116. The van der Waals surface area contributed by atoms with Gasteiger partial charge in [-0.25, -0.2) is 0 Å². The third-order valence-electron chi connectivity index (χ3n) is 4.16. The van der Waals surface area contributed by atoms with Gasteiger partial charge >= 0.3 is 0 Å². The van der Waals surface area contributed by atoms with E-state index in [1.54, 1.807) is 0 Å². The molecule has 0 fully saturated rings. The SMILES string of the molecule is C/C=C(C)/C=C/C=C(C)/C=C/C1=C(C)CC(O)CC1(C)C. The standard InChI is InChI=1S/C20H30O/c1-7-15(2)9-8-10-16(3)11-12-19-17(4)13-18(21)14-20(19,5)6/h7-12,18,21H,13-14H2,1-6H3/b9-8+,12-11+,15-7+,16-10+. The number of allylic oxidation sites excluding steroid dienone is 9. The largest absolute Gasteiger partial charge is 0.393 e. The Bertz CT molecular complexity index is 510. The molecule has 1 rings (SSSR count). The van der Waals surface area contributed by atoms with E-state index in [0.717, 1.165) is 12.8 Å². The van der Waals surface area contributed by atoms with Crippen molar-refractivity contribution in [3.63, 3.8) is 0 Å². The van der Waals surface area contributed by atoms with E-state index >= 15 is 0 Å². The minimum atomic E-state index is -0.194. The third-order valence-corrected chi connectivity index (χ3v) is 4.16. The Labute approximate surface area is 130 Å². The van der Waals surface area contributed by atoms with Crippen LogP contribution in [0.4, 0.5) is 0 Å². The number of aliphatic hydroxyl groups excluding tert-OH is 1. The fourth-order valence-corrected chi connectivity index (χ4v) is 2.90. The topological polar surface area (TPSA) is 20.2 Å². The molecule has 1 nitrogen and oxygen atoms in total. The summed E-state index contributed by atoms with van der Waals surface area (Å²) in [6.07, 6.45) is 14.3. The Kier molecular flexibility index (Phi) is 6.42. The van der Waals surface area contributed by atoms with Crippen molar-refractivity contribution in [2.75, 3.05) is 0 Å². The van der Waals surface area contributed by atoms with Crippen molar-refractivity contribution in [3.8, 4) is 0 Å². The van der Waals surface area contributed by atoms with Crippen LogP contribution in [0.5, 0.6) is 0 Å². The van der Waals surface area contributed by atoms with Gasteiger partial charge in [-0.3, -0.25) is 0 Å². The highest BCUT2D eigenvalue weighted by Crippen LogP contribution is 2.40. The van der Waals surface area contributed by atoms with Crippen LogP contribution in [0.2, 0.25) is 0 Å². The summed E-state index contributed by atoms with van der Waals surface area (Å²) in [7, 11) is 0. The molecule has 21 heavy (non-hydrogen) atoms. The molecule has 0 heterocycles. The van der Waals surface area contributed by atoms with Crippen molar-refractivity contribution in [3.05, 3.63) is 58.7 Å². The monoisotopic (exact) mass is 286 g/mol. The van der Waals surface area contributed by atoms with Gasteiger partial charge in [0, 0.05) is 0 Å². The van der Waals surface area contributed by atoms with Crippen LogP contribution in [0.25, 0.3) is 0 Å². The van der Waals surface area contributed by atoms with E-state index in [9.17, 15) is 5.11 Å². The molecule has 0 aliphatic heterocycles. The highest BCUT2D eigenvalue weighted by molar-refractivity contribution is 5.37. The molecule has 116 valence electrons. The van der Waals surface area contributed by atoms with E-state index in [-0.39, 0.29) is 11.5 Å². The van der Waals surface area contributed by atoms with Crippen LogP contribution in [-0.2, 0) is 0 Å². The summed E-state index contributed by atoms with van der Waals surface area (Å²) in [6, 6.07) is 0. The quantitative estimate of drug-likeness (QED) is 0.676. The Balaban J connectivity index is 2.86. The molecule has 1 unspecified atom stereocenters. The molecular weight excluding hydrogens is 256 g/mol. The summed E-state index contributed by atoms with van der Waals surface area (Å²) >= 11 is 0. The van der Waals surface area contributed by atoms with Gasteiger partial charge in [-0.2, -0.15) is 0 Å². The van der Waals surface area contributed by atoms with E-state index in [1.165, 1.54) is 22.3 Å². The summed E-state index contributed by atoms with van der Waals surface area (Å²) in [4.78, 5) is 0. The lowest BCUT2D eigenvalue weighted by Gasteiger charge is -2.35. The highest BCUT2D eigenvalue weighted by Gasteiger charge is 2.31. The molecule has 0 amide bonds. The van der Waals surface area contributed by atoms with Gasteiger partial charge in [-0.05, 0) is 51.5 Å². The normalized spacial score (nSPS) is 24.4. The molecular formula is C20H30O. The summed E-state index contributed by atoms with van der Waals surface area (Å²) in [5.41, 5.74) is 5.23. The van der Waals surface area contributed by atoms with Crippen molar-refractivity contribution >= 4 is 0 Å². The van der Waals surface area contributed by atoms with Gasteiger partial charge in [-0.15, -0.1) is 0 Å². The van der Waals surface area contributed by atoms with Crippen molar-refractivity contribution in [1.82, 2.24) is 0 Å². The Morgan fingerprint density at radius 2 is 1.86 bits per heavy atom. The van der Waals surface area contributed by atoms with Crippen LogP contribution < -0.4 is 0 Å². The maximum absolute atomic E-state index is 9.92. The average molecular weight is 286 g/mol. The van der Waals surface area contributed by atoms with Gasteiger partial charge < -0.3 is 5.11 Å². The van der Waals surface area contributed by atoms with E-state index in [1.807, 2.05) is 6.92 Å². The molecule has 1 aliphatic rings. The van der Waals surface area contributed by atoms with Gasteiger partial charge in [-0.1, -0.05) is 67.0 Å². The first-order valence-corrected chi connectivity index (χ1v) is 7.80. The second kappa shape index (κ2) is 7.61. The maximum atomic E-state index is 9.92. The zero-order chi connectivity index (χ0) is 16.0. The number of aliphatic hydroxyl groups is 1. The summed E-state index contributed by atoms with van der Waals surface area (Å²) in [5.74, 6) is 0. The van der Waals surface area contributed by atoms with Crippen molar-refractivity contribution < 1.29 is 5.11 Å². The van der Waals surface area contributed by atoms with Gasteiger partial charge in [0.15, 0.2) is 0 Å². The fourth-order valence-electron chi connectivity index (χ4n) is 2.90. The van der Waals surface area contributed by atoms with E-state index < -0.39 is 0 Å². The van der Waals surface area contributed by atoms with Crippen molar-refractivity contribution in [1.29, 1.82) is 0 Å². The molecule has 1 heteroatoms. The van der Waals surface area contributed by atoms with Gasteiger partial charge in [0.25, 0.3) is 0 Å². The number of hydrogen-bond donors (Lipinski definition) is 1. The molecule has 0 saturated carbocycles. The first-order chi connectivity index (χ1) is 9.76. The predicted molar refractivity (Wildman–Crippen MR) is 93.2 cm³/mol. The Morgan fingerprint density at radius 1 is 1.19 bits per heavy atom. The first-order valence-electron chi connectivity index (χ1n) is 7.80. The number of rotatable bonds is 4. The lowest BCUT2D eigenvalue weighted by atomic mass is 9.71. The van der Waals surface area contributed by atoms with Crippen LogP contribution >= 0.6 is 0 Å². The van der Waals surface area contributed by atoms with Crippen LogP contribution in [0.3, 0.4) is 0 Å². The third kappa shape index (κ3) is 5.51. The minimum absolute atomic E-state index is 0.0515. The number of hydrogen-bond acceptors (Lipinski definition) is 1. The summed E-state index contributed by atoms with van der Waals surface area (Å²) in [6.45, 7) is 12.8. The molecule has 0 spiro atoms. The Morgan fingerprint density at radius 3 is 2.43 bits per heavy atom. The summed E-state index contributed by atoms with van der Waals surface area (Å²) in [5, 5.41) is 9.92. The zero-order valence-electron chi connectivity index (χ0n) is 14.4. The van der Waals surface area contributed by atoms with Crippen LogP contribution in [-0.4, -0.2) is 11.2 Å². The molecule has 1 atom stereocenters. The molecule has 0 aromatic rings. The van der Waals surface area contributed by atoms with Crippen molar-refractivity contribution in [2.45, 2.75) is 60.5 Å². The maximum Gasteiger partial charge on any atom is 0.0585 e. The Hall–Kier alpha value is -1.34. The smallest absolute Gasteiger partial charge is 0.0585 e. The van der Waals surface area contributed by atoms with Gasteiger partial charge in [0.1, 0.15) is 0 Å². The molecule has 1 aliphatic carbocycles. The van der Waals surface area contributed by atoms with Crippen LogP contribution in [0.15, 0.2) is 58.7 Å². The van der Waals surface area contributed by atoms with Crippen LogP contribution in [0.1, 0.15) is 54.4 Å². The summed E-state index contributed by atoms with van der Waals surface area (Å²) < 4.78 is 0. The van der Waals surface area contributed by atoms with Crippen molar-refractivity contribution in [2.24, 2.45) is 5.41 Å². The molecule has 0 saturated heterocycles. The highest BCUT2D eigenvalue weighted by atomic mass is 16.3. The molecule has 0 radical (unpaired) electrons. The molecule has 0 bridgehead atoms. The predicted octanol–water partition coefficient (Wildman–Crippen LogP) is 5.51. The van der Waals surface area contributed by atoms with E-state index in [0.29, 0.717) is 0 Å². The fraction of sp³-hybridized carbons (Fsp3) is 0.500.